The molecule has 0 heterocycles. The number of amides is 1. The highest BCUT2D eigenvalue weighted by atomic mass is 16.5. The van der Waals surface area contributed by atoms with Crippen molar-refractivity contribution in [2.24, 2.45) is 0 Å². The van der Waals surface area contributed by atoms with Gasteiger partial charge < -0.3 is 20.5 Å². The zero-order valence-electron chi connectivity index (χ0n) is 11.5. The number of aliphatic carboxylic acids is 1. The van der Waals surface area contributed by atoms with Crippen molar-refractivity contribution in [3.63, 3.8) is 0 Å². The Balaban J connectivity index is 2.37. The van der Waals surface area contributed by atoms with E-state index in [9.17, 15) is 14.7 Å². The van der Waals surface area contributed by atoms with Crippen molar-refractivity contribution in [3.8, 4) is 0 Å². The first-order valence-electron chi connectivity index (χ1n) is 6.39. The number of ether oxygens (including phenoxy) is 1. The molecule has 3 N–H and O–H groups in total. The molecule has 0 saturated heterocycles. The topological polar surface area (TPSA) is 87.7 Å². The molecule has 0 fully saturated rings. The first-order valence-corrected chi connectivity index (χ1v) is 6.39. The summed E-state index contributed by atoms with van der Waals surface area (Å²) in [6, 6.07) is 8.95. The number of rotatable bonds is 9. The molecule has 0 aliphatic carbocycles. The van der Waals surface area contributed by atoms with Crippen LogP contribution in [0.3, 0.4) is 0 Å². The summed E-state index contributed by atoms with van der Waals surface area (Å²) in [5, 5.41) is 14.7. The van der Waals surface area contributed by atoms with Crippen molar-refractivity contribution in [1.82, 2.24) is 10.6 Å². The maximum Gasteiger partial charge on any atom is 0.312 e. The van der Waals surface area contributed by atoms with Crippen molar-refractivity contribution in [1.29, 1.82) is 0 Å². The number of carboxylic acids is 1. The summed E-state index contributed by atoms with van der Waals surface area (Å²) in [6.45, 7) is 1.18. The first kappa shape index (κ1) is 16.1. The van der Waals surface area contributed by atoms with Crippen LogP contribution in [0.15, 0.2) is 30.3 Å². The highest BCUT2D eigenvalue weighted by Crippen LogP contribution is 2.14. The molecular weight excluding hydrogens is 260 g/mol. The Labute approximate surface area is 118 Å². The average molecular weight is 280 g/mol. The normalized spacial score (nSPS) is 11.8. The lowest BCUT2D eigenvalue weighted by Crippen LogP contribution is -2.38. The molecule has 1 atom stereocenters. The van der Waals surface area contributed by atoms with E-state index < -0.39 is 11.9 Å². The van der Waals surface area contributed by atoms with Gasteiger partial charge in [-0.25, -0.2) is 0 Å². The Kier molecular flexibility index (Phi) is 7.31. The van der Waals surface area contributed by atoms with Crippen LogP contribution in [0.2, 0.25) is 0 Å². The van der Waals surface area contributed by atoms with Crippen LogP contribution >= 0.6 is 0 Å². The Morgan fingerprint density at radius 1 is 1.30 bits per heavy atom. The van der Waals surface area contributed by atoms with Gasteiger partial charge in [-0.2, -0.15) is 0 Å². The minimum Gasteiger partial charge on any atom is -0.481 e. The second-order valence-electron chi connectivity index (χ2n) is 4.28. The van der Waals surface area contributed by atoms with E-state index in [1.54, 1.807) is 31.4 Å². The minimum absolute atomic E-state index is 0.0837. The van der Waals surface area contributed by atoms with Crippen molar-refractivity contribution < 1.29 is 19.4 Å². The zero-order valence-corrected chi connectivity index (χ0v) is 11.5. The fourth-order valence-electron chi connectivity index (χ4n) is 1.72. The number of carbonyl (C=O) groups is 2. The van der Waals surface area contributed by atoms with Gasteiger partial charge in [0.15, 0.2) is 0 Å². The lowest BCUT2D eigenvalue weighted by atomic mass is 9.99. The molecular formula is C14H20N2O4. The molecule has 0 aliphatic heterocycles. The zero-order chi connectivity index (χ0) is 14.8. The molecule has 0 saturated carbocycles. The lowest BCUT2D eigenvalue weighted by molar-refractivity contribution is -0.138. The largest absolute Gasteiger partial charge is 0.481 e. The fourth-order valence-corrected chi connectivity index (χ4v) is 1.72. The van der Waals surface area contributed by atoms with Gasteiger partial charge in [0.1, 0.15) is 0 Å². The molecule has 0 radical (unpaired) electrons. The van der Waals surface area contributed by atoms with E-state index in [-0.39, 0.29) is 19.0 Å². The van der Waals surface area contributed by atoms with Crippen LogP contribution in [-0.2, 0) is 14.3 Å². The Bertz CT molecular complexity index is 422. The maximum absolute atomic E-state index is 11.4. The summed E-state index contributed by atoms with van der Waals surface area (Å²) in [5.74, 6) is -1.76. The summed E-state index contributed by atoms with van der Waals surface area (Å²) in [7, 11) is 1.56. The number of nitrogens with one attached hydrogen (secondary N) is 2. The molecule has 1 amide bonds. The van der Waals surface area contributed by atoms with Gasteiger partial charge in [0.2, 0.25) is 5.91 Å². The van der Waals surface area contributed by atoms with Gasteiger partial charge in [-0.3, -0.25) is 9.59 Å². The highest BCUT2D eigenvalue weighted by molar-refractivity contribution is 5.78. The van der Waals surface area contributed by atoms with E-state index in [0.717, 1.165) is 0 Å². The predicted molar refractivity (Wildman–Crippen MR) is 74.6 cm³/mol. The van der Waals surface area contributed by atoms with Gasteiger partial charge in [-0.15, -0.1) is 0 Å². The highest BCUT2D eigenvalue weighted by Gasteiger charge is 2.19. The number of carbonyl (C=O) groups excluding carboxylic acids is 1. The Morgan fingerprint density at radius 3 is 2.60 bits per heavy atom. The Hall–Kier alpha value is -1.92. The van der Waals surface area contributed by atoms with Crippen molar-refractivity contribution in [3.05, 3.63) is 35.9 Å². The summed E-state index contributed by atoms with van der Waals surface area (Å²) < 4.78 is 4.81. The van der Waals surface area contributed by atoms with Crippen molar-refractivity contribution in [2.75, 3.05) is 33.4 Å². The van der Waals surface area contributed by atoms with Gasteiger partial charge >= 0.3 is 5.97 Å². The SMILES string of the molecule is COCCNC(=O)CNCC(C(=O)O)c1ccccc1. The third-order valence-electron chi connectivity index (χ3n) is 2.76. The lowest BCUT2D eigenvalue weighted by Gasteiger charge is -2.13. The van der Waals surface area contributed by atoms with Gasteiger partial charge in [0, 0.05) is 20.2 Å². The van der Waals surface area contributed by atoms with Crippen LogP contribution in [0, 0.1) is 0 Å². The van der Waals surface area contributed by atoms with Gasteiger partial charge in [-0.05, 0) is 5.56 Å². The van der Waals surface area contributed by atoms with Crippen LogP contribution < -0.4 is 10.6 Å². The summed E-state index contributed by atoms with van der Waals surface area (Å²) in [5.41, 5.74) is 0.715. The van der Waals surface area contributed by atoms with E-state index >= 15 is 0 Å². The number of carboxylic acid groups (broad SMARTS) is 1. The molecule has 1 aromatic carbocycles. The molecule has 0 spiro atoms. The third-order valence-corrected chi connectivity index (χ3v) is 2.76. The molecule has 1 rings (SSSR count). The molecule has 1 aromatic rings. The third kappa shape index (κ3) is 5.81. The van der Waals surface area contributed by atoms with Crippen molar-refractivity contribution >= 4 is 11.9 Å². The average Bonchev–Trinajstić information content (AvgIpc) is 2.44. The number of hydrogen-bond donors (Lipinski definition) is 3. The summed E-state index contributed by atoms with van der Waals surface area (Å²) in [6.07, 6.45) is 0. The molecule has 0 aromatic heterocycles. The van der Waals surface area contributed by atoms with Gasteiger partial charge in [0.05, 0.1) is 19.1 Å². The van der Waals surface area contributed by atoms with E-state index in [2.05, 4.69) is 10.6 Å². The molecule has 0 aliphatic rings. The number of methoxy groups -OCH3 is 1. The van der Waals surface area contributed by atoms with E-state index in [0.29, 0.717) is 18.7 Å². The van der Waals surface area contributed by atoms with Crippen LogP contribution in [0.5, 0.6) is 0 Å². The molecule has 1 unspecified atom stereocenters. The molecule has 0 bridgehead atoms. The predicted octanol–water partition coefficient (Wildman–Crippen LogP) is 0.207. The van der Waals surface area contributed by atoms with Crippen LogP contribution in [0.25, 0.3) is 0 Å². The second kappa shape index (κ2) is 9.06. The number of benzene rings is 1. The van der Waals surface area contributed by atoms with E-state index in [1.165, 1.54) is 0 Å². The quantitative estimate of drug-likeness (QED) is 0.563. The second-order valence-corrected chi connectivity index (χ2v) is 4.28. The number of hydrogen-bond acceptors (Lipinski definition) is 4. The minimum atomic E-state index is -0.913. The van der Waals surface area contributed by atoms with E-state index in [4.69, 9.17) is 4.74 Å². The van der Waals surface area contributed by atoms with Crippen molar-refractivity contribution in [2.45, 2.75) is 5.92 Å². The summed E-state index contributed by atoms with van der Waals surface area (Å²) >= 11 is 0. The standard InChI is InChI=1S/C14H20N2O4/c1-20-8-7-16-13(17)10-15-9-12(14(18)19)11-5-3-2-4-6-11/h2-6,12,15H,7-10H2,1H3,(H,16,17)(H,18,19). The maximum atomic E-state index is 11.4. The molecule has 110 valence electrons. The molecule has 20 heavy (non-hydrogen) atoms. The van der Waals surface area contributed by atoms with Gasteiger partial charge in [0.25, 0.3) is 0 Å². The van der Waals surface area contributed by atoms with Crippen LogP contribution in [0.1, 0.15) is 11.5 Å². The Morgan fingerprint density at radius 2 is 2.00 bits per heavy atom. The monoisotopic (exact) mass is 280 g/mol. The first-order chi connectivity index (χ1) is 9.65. The smallest absolute Gasteiger partial charge is 0.312 e. The van der Waals surface area contributed by atoms with Crippen LogP contribution in [0.4, 0.5) is 0 Å². The van der Waals surface area contributed by atoms with Crippen LogP contribution in [-0.4, -0.2) is 50.3 Å². The van der Waals surface area contributed by atoms with Gasteiger partial charge in [-0.1, -0.05) is 30.3 Å². The summed E-state index contributed by atoms with van der Waals surface area (Å²) in [4.78, 5) is 22.7. The molecule has 6 heteroatoms. The van der Waals surface area contributed by atoms with E-state index in [1.807, 2.05) is 6.07 Å². The fraction of sp³-hybridized carbons (Fsp3) is 0.429. The molecule has 6 nitrogen and oxygen atoms in total.